The van der Waals surface area contributed by atoms with Crippen LogP contribution in [0.1, 0.15) is 49.7 Å². The number of hydrogen-bond acceptors (Lipinski definition) is 2. The Hall–Kier alpha value is -1.55. The van der Waals surface area contributed by atoms with E-state index >= 15 is 0 Å². The molecule has 0 aliphatic heterocycles. The summed E-state index contributed by atoms with van der Waals surface area (Å²) in [6.45, 7) is 4.81. The second kappa shape index (κ2) is 7.46. The Morgan fingerprint density at radius 1 is 1.24 bits per heavy atom. The third kappa shape index (κ3) is 5.05. The van der Waals surface area contributed by atoms with Crippen molar-refractivity contribution >= 4 is 6.03 Å². The predicted octanol–water partition coefficient (Wildman–Crippen LogP) is 2.70. The van der Waals surface area contributed by atoms with Gasteiger partial charge < -0.3 is 15.7 Å². The van der Waals surface area contributed by atoms with Crippen LogP contribution in [0.3, 0.4) is 0 Å². The number of hydrogen-bond donors (Lipinski definition) is 3. The largest absolute Gasteiger partial charge is 0.393 e. The molecule has 116 valence electrons. The van der Waals surface area contributed by atoms with Crippen LogP contribution >= 0.6 is 0 Å². The number of nitrogens with one attached hydrogen (secondary N) is 2. The Morgan fingerprint density at radius 2 is 1.86 bits per heavy atom. The van der Waals surface area contributed by atoms with Crippen LogP contribution in [-0.2, 0) is 0 Å². The number of aliphatic hydroxyl groups excluding tert-OH is 1. The number of carbonyl (C=O) groups excluding carboxylic acids is 1. The molecule has 0 radical (unpaired) electrons. The van der Waals surface area contributed by atoms with Crippen LogP contribution in [-0.4, -0.2) is 29.8 Å². The Morgan fingerprint density at radius 3 is 2.48 bits per heavy atom. The van der Waals surface area contributed by atoms with E-state index < -0.39 is 0 Å². The first kappa shape index (κ1) is 15.8. The molecule has 4 nitrogen and oxygen atoms in total. The van der Waals surface area contributed by atoms with Crippen molar-refractivity contribution in [2.45, 2.75) is 57.6 Å². The van der Waals surface area contributed by atoms with E-state index in [4.69, 9.17) is 0 Å². The molecule has 2 amide bonds. The summed E-state index contributed by atoms with van der Waals surface area (Å²) < 4.78 is 0. The summed E-state index contributed by atoms with van der Waals surface area (Å²) >= 11 is 0. The molecular formula is C17H26N2O2. The predicted molar refractivity (Wildman–Crippen MR) is 84.4 cm³/mol. The molecular weight excluding hydrogens is 264 g/mol. The normalized spacial score (nSPS) is 23.4. The summed E-state index contributed by atoms with van der Waals surface area (Å²) in [5.41, 5.74) is 2.48. The molecule has 1 saturated carbocycles. The minimum atomic E-state index is -0.187. The summed E-state index contributed by atoms with van der Waals surface area (Å²) in [4.78, 5) is 11.9. The van der Waals surface area contributed by atoms with E-state index in [0.717, 1.165) is 25.7 Å². The van der Waals surface area contributed by atoms with Crippen LogP contribution in [0, 0.1) is 6.92 Å². The van der Waals surface area contributed by atoms with Crippen molar-refractivity contribution in [1.29, 1.82) is 0 Å². The molecule has 0 spiro atoms. The smallest absolute Gasteiger partial charge is 0.315 e. The molecule has 1 unspecified atom stereocenters. The van der Waals surface area contributed by atoms with Gasteiger partial charge in [-0.2, -0.15) is 0 Å². The fourth-order valence-corrected chi connectivity index (χ4v) is 2.72. The van der Waals surface area contributed by atoms with Gasteiger partial charge in [0.2, 0.25) is 0 Å². The van der Waals surface area contributed by atoms with Crippen LogP contribution in [0.4, 0.5) is 4.79 Å². The third-order valence-corrected chi connectivity index (χ3v) is 4.25. The molecule has 1 aromatic carbocycles. The van der Waals surface area contributed by atoms with Gasteiger partial charge >= 0.3 is 6.03 Å². The number of aryl methyl sites for hydroxylation is 1. The second-order valence-corrected chi connectivity index (χ2v) is 6.17. The maximum atomic E-state index is 11.9. The lowest BCUT2D eigenvalue weighted by atomic mass is 9.93. The van der Waals surface area contributed by atoms with Gasteiger partial charge in [0.1, 0.15) is 0 Å². The van der Waals surface area contributed by atoms with Gasteiger partial charge in [-0.15, -0.1) is 0 Å². The second-order valence-electron chi connectivity index (χ2n) is 6.17. The lowest BCUT2D eigenvalue weighted by Crippen LogP contribution is -2.45. The number of benzene rings is 1. The lowest BCUT2D eigenvalue weighted by Gasteiger charge is -2.26. The highest BCUT2D eigenvalue weighted by Gasteiger charge is 2.20. The zero-order chi connectivity index (χ0) is 15.2. The van der Waals surface area contributed by atoms with E-state index in [9.17, 15) is 9.90 Å². The van der Waals surface area contributed by atoms with Crippen LogP contribution in [0.15, 0.2) is 24.3 Å². The number of rotatable bonds is 4. The van der Waals surface area contributed by atoms with Crippen LogP contribution in [0.2, 0.25) is 0 Å². The number of carbonyl (C=O) groups is 1. The molecule has 4 heteroatoms. The zero-order valence-corrected chi connectivity index (χ0v) is 12.9. The zero-order valence-electron chi connectivity index (χ0n) is 12.9. The van der Waals surface area contributed by atoms with E-state index in [2.05, 4.69) is 48.7 Å². The Labute approximate surface area is 126 Å². The average molecular weight is 290 g/mol. The first-order valence-electron chi connectivity index (χ1n) is 7.83. The summed E-state index contributed by atoms with van der Waals surface area (Å²) in [7, 11) is 0. The molecule has 0 saturated heterocycles. The molecule has 0 aromatic heterocycles. The minimum Gasteiger partial charge on any atom is -0.393 e. The van der Waals surface area contributed by atoms with E-state index in [1.54, 1.807) is 0 Å². The van der Waals surface area contributed by atoms with E-state index in [1.807, 2.05) is 0 Å². The van der Waals surface area contributed by atoms with Gasteiger partial charge in [0.05, 0.1) is 6.10 Å². The van der Waals surface area contributed by atoms with Gasteiger partial charge in [-0.25, -0.2) is 4.79 Å². The number of urea groups is 1. The quantitative estimate of drug-likeness (QED) is 0.798. The SMILES string of the molecule is Cc1ccc(C(C)CNC(=O)NC2CCC(O)CC2)cc1. The van der Waals surface area contributed by atoms with Gasteiger partial charge in [-0.05, 0) is 44.1 Å². The van der Waals surface area contributed by atoms with Crippen LogP contribution < -0.4 is 10.6 Å². The number of aliphatic hydroxyl groups is 1. The van der Waals surface area contributed by atoms with Gasteiger partial charge in [0.25, 0.3) is 0 Å². The van der Waals surface area contributed by atoms with Crippen LogP contribution in [0.5, 0.6) is 0 Å². The fraction of sp³-hybridized carbons (Fsp3) is 0.588. The van der Waals surface area contributed by atoms with Crippen molar-refractivity contribution in [2.24, 2.45) is 0 Å². The molecule has 21 heavy (non-hydrogen) atoms. The van der Waals surface area contributed by atoms with E-state index in [-0.39, 0.29) is 18.2 Å². The standard InChI is InChI=1S/C17H26N2O2/c1-12-3-5-14(6-4-12)13(2)11-18-17(21)19-15-7-9-16(20)10-8-15/h3-6,13,15-16,20H,7-11H2,1-2H3,(H2,18,19,21). The minimum absolute atomic E-state index is 0.102. The van der Waals surface area contributed by atoms with Crippen molar-refractivity contribution in [3.8, 4) is 0 Å². The first-order valence-corrected chi connectivity index (χ1v) is 7.83. The molecule has 0 bridgehead atoms. The highest BCUT2D eigenvalue weighted by atomic mass is 16.3. The van der Waals surface area contributed by atoms with Gasteiger partial charge in [-0.3, -0.25) is 0 Å². The van der Waals surface area contributed by atoms with Crippen LogP contribution in [0.25, 0.3) is 0 Å². The summed E-state index contributed by atoms with van der Waals surface area (Å²) in [6.07, 6.45) is 3.10. The van der Waals surface area contributed by atoms with E-state index in [0.29, 0.717) is 12.5 Å². The lowest BCUT2D eigenvalue weighted by molar-refractivity contribution is 0.117. The fourth-order valence-electron chi connectivity index (χ4n) is 2.72. The van der Waals surface area contributed by atoms with Crippen molar-refractivity contribution in [2.75, 3.05) is 6.54 Å². The monoisotopic (exact) mass is 290 g/mol. The number of amides is 2. The summed E-state index contributed by atoms with van der Waals surface area (Å²) in [5.74, 6) is 0.296. The Balaban J connectivity index is 1.72. The van der Waals surface area contributed by atoms with Crippen molar-refractivity contribution in [3.63, 3.8) is 0 Å². The molecule has 2 rings (SSSR count). The Bertz CT molecular complexity index is 450. The Kier molecular flexibility index (Phi) is 5.62. The van der Waals surface area contributed by atoms with E-state index in [1.165, 1.54) is 11.1 Å². The summed E-state index contributed by atoms with van der Waals surface area (Å²) in [6, 6.07) is 8.52. The van der Waals surface area contributed by atoms with Gasteiger partial charge in [0.15, 0.2) is 0 Å². The van der Waals surface area contributed by atoms with Gasteiger partial charge in [0, 0.05) is 12.6 Å². The molecule has 1 aliphatic rings. The molecule has 0 heterocycles. The third-order valence-electron chi connectivity index (χ3n) is 4.25. The van der Waals surface area contributed by atoms with Crippen molar-refractivity contribution in [3.05, 3.63) is 35.4 Å². The van der Waals surface area contributed by atoms with Crippen molar-refractivity contribution < 1.29 is 9.90 Å². The first-order chi connectivity index (χ1) is 10.0. The summed E-state index contributed by atoms with van der Waals surface area (Å²) in [5, 5.41) is 15.4. The highest BCUT2D eigenvalue weighted by Crippen LogP contribution is 2.18. The topological polar surface area (TPSA) is 61.4 Å². The maximum Gasteiger partial charge on any atom is 0.315 e. The van der Waals surface area contributed by atoms with Gasteiger partial charge in [-0.1, -0.05) is 36.8 Å². The highest BCUT2D eigenvalue weighted by molar-refractivity contribution is 5.74. The molecule has 1 aliphatic carbocycles. The molecule has 1 fully saturated rings. The average Bonchev–Trinajstić information content (AvgIpc) is 2.48. The molecule has 1 atom stereocenters. The molecule has 1 aromatic rings. The van der Waals surface area contributed by atoms with Crippen molar-refractivity contribution in [1.82, 2.24) is 10.6 Å². The maximum absolute atomic E-state index is 11.9. The molecule has 3 N–H and O–H groups in total.